The number of benzene rings is 1. The van der Waals surface area contributed by atoms with Gasteiger partial charge in [-0.25, -0.2) is 9.80 Å². The van der Waals surface area contributed by atoms with Gasteiger partial charge in [0.15, 0.2) is 11.2 Å². The number of hydrogen-bond donors (Lipinski definition) is 3. The number of halogens is 1. The molecule has 0 fully saturated rings. The lowest BCUT2D eigenvalue weighted by molar-refractivity contribution is 0.371. The fourth-order valence-electron chi connectivity index (χ4n) is 3.51. The van der Waals surface area contributed by atoms with Gasteiger partial charge in [-0.3, -0.25) is 19.3 Å². The zero-order valence-corrected chi connectivity index (χ0v) is 19.4. The van der Waals surface area contributed by atoms with Gasteiger partial charge in [0.2, 0.25) is 5.28 Å². The number of H-pyrrole nitrogens is 1. The molecular weight excluding hydrogens is 448 g/mol. The van der Waals surface area contributed by atoms with Crippen LogP contribution in [0.4, 0.5) is 0 Å². The summed E-state index contributed by atoms with van der Waals surface area (Å²) in [6.07, 6.45) is 2.26. The maximum absolute atomic E-state index is 13.0. The molecule has 0 aliphatic heterocycles. The van der Waals surface area contributed by atoms with Crippen molar-refractivity contribution in [1.82, 2.24) is 24.1 Å². The number of hydrogen-bond acceptors (Lipinski definition) is 7. The first kappa shape index (κ1) is 24.2. The number of rotatable bonds is 11. The second kappa shape index (κ2) is 10.9. The molecule has 0 atom stereocenters. The van der Waals surface area contributed by atoms with Crippen LogP contribution in [0, 0.1) is 10.9 Å². The number of aryl methyl sites for hydroxylation is 1. The number of methoxy groups -OCH3 is 1. The maximum atomic E-state index is 13.0. The summed E-state index contributed by atoms with van der Waals surface area (Å²) in [7, 11) is 1.58. The minimum atomic E-state index is -0.496. The Hall–Kier alpha value is -3.47. The van der Waals surface area contributed by atoms with Crippen molar-refractivity contribution in [3.05, 3.63) is 56.0 Å². The van der Waals surface area contributed by atoms with Gasteiger partial charge in [0.05, 0.1) is 7.11 Å². The quantitative estimate of drug-likeness (QED) is 0.128. The third-order valence-corrected chi connectivity index (χ3v) is 5.46. The Balaban J connectivity index is 1.73. The molecule has 0 saturated heterocycles. The first-order valence-corrected chi connectivity index (χ1v) is 11.0. The lowest BCUT2D eigenvalue weighted by Crippen LogP contribution is -2.41. The molecule has 0 saturated carbocycles. The Morgan fingerprint density at radius 1 is 1.21 bits per heavy atom. The lowest BCUT2D eigenvalue weighted by Gasteiger charge is -2.18. The predicted octanol–water partition coefficient (Wildman–Crippen LogP) is 3.21. The smallest absolute Gasteiger partial charge is 0.332 e. The van der Waals surface area contributed by atoms with Gasteiger partial charge < -0.3 is 9.72 Å². The van der Waals surface area contributed by atoms with Gasteiger partial charge in [-0.2, -0.15) is 10.5 Å². The first-order chi connectivity index (χ1) is 15.9. The number of nitrogens with zero attached hydrogens (tertiary/aromatic N) is 5. The Bertz CT molecular complexity index is 1250. The van der Waals surface area contributed by atoms with E-state index in [9.17, 15) is 9.59 Å². The summed E-state index contributed by atoms with van der Waals surface area (Å²) in [5.74, 6) is 0.858. The van der Waals surface area contributed by atoms with Crippen molar-refractivity contribution in [2.24, 2.45) is 5.22 Å². The van der Waals surface area contributed by atoms with Crippen LogP contribution in [-0.4, -0.2) is 43.6 Å². The van der Waals surface area contributed by atoms with Gasteiger partial charge in [-0.05, 0) is 42.1 Å². The third-order valence-electron chi connectivity index (χ3n) is 5.28. The molecule has 176 valence electrons. The molecule has 12 heteroatoms. The molecule has 0 unspecified atom stereocenters. The zero-order valence-electron chi connectivity index (χ0n) is 18.6. The molecule has 3 N–H and O–H groups in total. The lowest BCUT2D eigenvalue weighted by atomic mass is 10.1. The highest BCUT2D eigenvalue weighted by molar-refractivity contribution is 6.28. The zero-order chi connectivity index (χ0) is 24.0. The highest BCUT2D eigenvalue weighted by Crippen LogP contribution is 2.13. The van der Waals surface area contributed by atoms with Crippen LogP contribution in [0.15, 0.2) is 39.1 Å². The SMILES string of the molecule is CCCCn1c(=O)n(CCCN(N=N)C(=N)Cc2ccc(OC)cc2)c(=O)c2[nH]c(Cl)nc21. The Kier molecular flexibility index (Phi) is 7.99. The second-order valence-electron chi connectivity index (χ2n) is 7.52. The number of ether oxygens (including phenoxy) is 1. The summed E-state index contributed by atoms with van der Waals surface area (Å²) in [6.45, 7) is 2.75. The van der Waals surface area contributed by atoms with Gasteiger partial charge in [-0.15, -0.1) is 0 Å². The highest BCUT2D eigenvalue weighted by Gasteiger charge is 2.17. The molecule has 0 aliphatic carbocycles. The number of aromatic amines is 1. The van der Waals surface area contributed by atoms with Crippen LogP contribution >= 0.6 is 11.6 Å². The highest BCUT2D eigenvalue weighted by atomic mass is 35.5. The number of nitrogens with one attached hydrogen (secondary N) is 3. The summed E-state index contributed by atoms with van der Waals surface area (Å²) in [5.41, 5.74) is 7.81. The Morgan fingerprint density at radius 3 is 2.55 bits per heavy atom. The average Bonchev–Trinajstić information content (AvgIpc) is 3.20. The van der Waals surface area contributed by atoms with Gasteiger partial charge >= 0.3 is 5.69 Å². The molecule has 2 aromatic heterocycles. The third kappa shape index (κ3) is 5.48. The normalized spacial score (nSPS) is 11.0. The van der Waals surface area contributed by atoms with E-state index in [1.807, 2.05) is 19.1 Å². The van der Waals surface area contributed by atoms with Crippen LogP contribution in [-0.2, 0) is 19.5 Å². The van der Waals surface area contributed by atoms with E-state index >= 15 is 0 Å². The number of unbranched alkanes of at least 4 members (excludes halogenated alkanes) is 1. The van der Waals surface area contributed by atoms with E-state index < -0.39 is 11.2 Å². The molecule has 3 aromatic rings. The van der Waals surface area contributed by atoms with Crippen LogP contribution in [0.2, 0.25) is 5.28 Å². The van der Waals surface area contributed by atoms with Crippen molar-refractivity contribution in [3.8, 4) is 5.75 Å². The molecule has 0 bridgehead atoms. The van der Waals surface area contributed by atoms with Gasteiger partial charge in [0, 0.05) is 26.1 Å². The van der Waals surface area contributed by atoms with E-state index in [2.05, 4.69) is 15.2 Å². The van der Waals surface area contributed by atoms with E-state index in [-0.39, 0.29) is 41.8 Å². The summed E-state index contributed by atoms with van der Waals surface area (Å²) in [6, 6.07) is 7.30. The fraction of sp³-hybridized carbons (Fsp3) is 0.429. The van der Waals surface area contributed by atoms with E-state index in [0.717, 1.165) is 28.7 Å². The van der Waals surface area contributed by atoms with Crippen LogP contribution < -0.4 is 16.0 Å². The van der Waals surface area contributed by atoms with Crippen LogP contribution in [0.25, 0.3) is 11.2 Å². The number of fused-ring (bicyclic) bond motifs is 1. The summed E-state index contributed by atoms with van der Waals surface area (Å²) in [5, 5.41) is 13.0. The Labute approximate surface area is 194 Å². The average molecular weight is 475 g/mol. The van der Waals surface area contributed by atoms with Crippen molar-refractivity contribution in [3.63, 3.8) is 0 Å². The molecule has 0 radical (unpaired) electrons. The van der Waals surface area contributed by atoms with Crippen molar-refractivity contribution in [2.75, 3.05) is 13.7 Å². The number of imidazole rings is 1. The van der Waals surface area contributed by atoms with Crippen LogP contribution in [0.1, 0.15) is 31.7 Å². The standard InChI is InChI=1S/C21H27ClN8O3/c1-3-4-10-28-18-17(25-20(22)26-18)19(31)29(21(28)32)11-5-12-30(27-24)16(23)13-14-6-8-15(33-2)9-7-14/h6-9,23-24H,3-5,10-13H2,1-2H3,(H,25,26). The molecule has 33 heavy (non-hydrogen) atoms. The predicted molar refractivity (Wildman–Crippen MR) is 125 cm³/mol. The van der Waals surface area contributed by atoms with Gasteiger partial charge in [0.25, 0.3) is 5.56 Å². The van der Waals surface area contributed by atoms with E-state index in [1.54, 1.807) is 19.2 Å². The van der Waals surface area contributed by atoms with E-state index in [4.69, 9.17) is 27.3 Å². The topological polar surface area (TPSA) is 145 Å². The second-order valence-corrected chi connectivity index (χ2v) is 7.88. The molecule has 11 nitrogen and oxygen atoms in total. The van der Waals surface area contributed by atoms with Gasteiger partial charge in [0.1, 0.15) is 11.6 Å². The monoisotopic (exact) mass is 474 g/mol. The van der Waals surface area contributed by atoms with Crippen LogP contribution in [0.5, 0.6) is 5.75 Å². The number of amidine groups is 1. The summed E-state index contributed by atoms with van der Waals surface area (Å²) < 4.78 is 7.73. The molecule has 0 aliphatic rings. The molecule has 0 amide bonds. The van der Waals surface area contributed by atoms with E-state index in [0.29, 0.717) is 13.0 Å². The Morgan fingerprint density at radius 2 is 1.91 bits per heavy atom. The summed E-state index contributed by atoms with van der Waals surface area (Å²) >= 11 is 5.95. The molecule has 0 spiro atoms. The van der Waals surface area contributed by atoms with Crippen molar-refractivity contribution in [2.45, 2.75) is 45.7 Å². The minimum absolute atomic E-state index is 0.0515. The molecule has 3 rings (SSSR count). The van der Waals surface area contributed by atoms with Crippen LogP contribution in [0.3, 0.4) is 0 Å². The largest absolute Gasteiger partial charge is 0.497 e. The maximum Gasteiger partial charge on any atom is 0.332 e. The molecule has 2 heterocycles. The molecule has 1 aromatic carbocycles. The van der Waals surface area contributed by atoms with Crippen molar-refractivity contribution < 1.29 is 4.74 Å². The number of aromatic nitrogens is 4. The minimum Gasteiger partial charge on any atom is -0.497 e. The summed E-state index contributed by atoms with van der Waals surface area (Å²) in [4.78, 5) is 32.7. The van der Waals surface area contributed by atoms with Crippen molar-refractivity contribution in [1.29, 1.82) is 10.9 Å². The van der Waals surface area contributed by atoms with E-state index in [1.165, 1.54) is 9.58 Å². The fourth-order valence-corrected chi connectivity index (χ4v) is 3.68. The van der Waals surface area contributed by atoms with Crippen molar-refractivity contribution >= 4 is 28.6 Å². The first-order valence-electron chi connectivity index (χ1n) is 10.6. The van der Waals surface area contributed by atoms with Gasteiger partial charge in [-0.1, -0.05) is 30.7 Å². The molecular formula is C21H27ClN8O3.